The van der Waals surface area contributed by atoms with Crippen LogP contribution in [0.25, 0.3) is 0 Å². The van der Waals surface area contributed by atoms with Crippen molar-refractivity contribution in [1.82, 2.24) is 9.97 Å². The van der Waals surface area contributed by atoms with Crippen molar-refractivity contribution in [3.8, 4) is 5.75 Å². The average molecular weight is 471 g/mol. The summed E-state index contributed by atoms with van der Waals surface area (Å²) in [6.45, 7) is 2.16. The van der Waals surface area contributed by atoms with Gasteiger partial charge in [0.25, 0.3) is 0 Å². The fourth-order valence-electron chi connectivity index (χ4n) is 3.18. The van der Waals surface area contributed by atoms with Crippen LogP contribution in [0.1, 0.15) is 29.3 Å². The zero-order valence-electron chi connectivity index (χ0n) is 18.9. The van der Waals surface area contributed by atoms with Gasteiger partial charge in [0.1, 0.15) is 17.4 Å². The van der Waals surface area contributed by atoms with Crippen molar-refractivity contribution < 1.29 is 22.7 Å². The summed E-state index contributed by atoms with van der Waals surface area (Å²) in [5.41, 5.74) is 2.50. The zero-order valence-corrected chi connectivity index (χ0v) is 19.7. The second-order valence-electron chi connectivity index (χ2n) is 7.22. The molecule has 9 nitrogen and oxygen atoms in total. The van der Waals surface area contributed by atoms with Crippen LogP contribution >= 0.6 is 0 Å². The first-order valence-electron chi connectivity index (χ1n) is 10.1. The van der Waals surface area contributed by atoms with Crippen LogP contribution in [0.15, 0.2) is 53.7 Å². The molecule has 1 aromatic carbocycles. The number of anilines is 4. The Balaban J connectivity index is 1.96. The van der Waals surface area contributed by atoms with Crippen molar-refractivity contribution in [2.75, 3.05) is 31.1 Å². The van der Waals surface area contributed by atoms with Crippen molar-refractivity contribution in [3.05, 3.63) is 59.9 Å². The Kier molecular flexibility index (Phi) is 7.62. The van der Waals surface area contributed by atoms with Crippen LogP contribution in [0.3, 0.4) is 0 Å². The number of benzene rings is 1. The van der Waals surface area contributed by atoms with E-state index in [-0.39, 0.29) is 10.7 Å². The number of nitrogens with zero attached hydrogens (tertiary/aromatic N) is 2. The number of nitrogens with one attached hydrogen (secondary N) is 2. The molecule has 0 bridgehead atoms. The molecule has 3 rings (SSSR count). The number of hydrogen-bond acceptors (Lipinski definition) is 9. The molecule has 0 unspecified atom stereocenters. The molecule has 0 fully saturated rings. The molecule has 0 aliphatic rings. The number of sulfone groups is 1. The average Bonchev–Trinajstić information content (AvgIpc) is 2.79. The highest BCUT2D eigenvalue weighted by Gasteiger charge is 2.16. The van der Waals surface area contributed by atoms with E-state index >= 15 is 0 Å². The third kappa shape index (κ3) is 5.85. The first-order valence-corrected chi connectivity index (χ1v) is 12.0. The first kappa shape index (κ1) is 24.1. The molecule has 0 amide bonds. The minimum atomic E-state index is -3.34. The minimum absolute atomic E-state index is 0.0702. The number of ether oxygens (including phenoxy) is 2. The second kappa shape index (κ2) is 10.4. The number of hydrogen-bond donors (Lipinski definition) is 2. The number of carbonyl (C=O) groups is 1. The maximum Gasteiger partial charge on any atom is 0.177 e. The summed E-state index contributed by atoms with van der Waals surface area (Å²) in [5.74, 6) is 1.38. The number of para-hydroxylation sites is 1. The summed E-state index contributed by atoms with van der Waals surface area (Å²) in [6, 6.07) is 10.3. The Morgan fingerprint density at radius 1 is 1.00 bits per heavy atom. The van der Waals surface area contributed by atoms with Crippen LogP contribution in [0.2, 0.25) is 0 Å². The van der Waals surface area contributed by atoms with Gasteiger partial charge in [0.05, 0.1) is 35.6 Å². The molecular weight excluding hydrogens is 444 g/mol. The number of ketones is 1. The van der Waals surface area contributed by atoms with E-state index < -0.39 is 9.84 Å². The molecule has 2 N–H and O–H groups in total. The van der Waals surface area contributed by atoms with Gasteiger partial charge in [0.15, 0.2) is 15.6 Å². The third-order valence-electron chi connectivity index (χ3n) is 4.82. The lowest BCUT2D eigenvalue weighted by atomic mass is 10.1. The molecule has 3 aromatic rings. The molecule has 33 heavy (non-hydrogen) atoms. The van der Waals surface area contributed by atoms with Crippen LogP contribution in [0.4, 0.5) is 23.0 Å². The Labute approximate surface area is 193 Å². The SMILES string of the molecule is CCC(=O)c1cnc(Nc2ccc(S(C)(=O)=O)cn2)cc1Nc1cccc(COC)c1OC. The lowest BCUT2D eigenvalue weighted by Crippen LogP contribution is -2.07. The fraction of sp³-hybridized carbons (Fsp3) is 0.261. The van der Waals surface area contributed by atoms with Crippen molar-refractivity contribution in [2.45, 2.75) is 24.8 Å². The molecule has 174 valence electrons. The summed E-state index contributed by atoms with van der Waals surface area (Å²) in [7, 11) is -0.162. The summed E-state index contributed by atoms with van der Waals surface area (Å²) in [4.78, 5) is 21.1. The number of carbonyl (C=O) groups excluding carboxylic acids is 1. The number of pyridine rings is 2. The molecule has 0 spiro atoms. The predicted molar refractivity (Wildman–Crippen MR) is 126 cm³/mol. The van der Waals surface area contributed by atoms with Crippen molar-refractivity contribution >= 4 is 38.6 Å². The van der Waals surface area contributed by atoms with Gasteiger partial charge < -0.3 is 20.1 Å². The fourth-order valence-corrected chi connectivity index (χ4v) is 3.74. The van der Waals surface area contributed by atoms with Gasteiger partial charge in [-0.3, -0.25) is 4.79 Å². The number of aromatic nitrogens is 2. The standard InChI is InChI=1S/C23H26N4O5S/c1-5-20(28)17-13-25-22(27-21-10-9-16(12-24-21)33(4,29)30)11-19(17)26-18-8-6-7-15(14-31-2)23(18)32-3/h6-13H,5,14H2,1-4H3,(H2,24,25,26,27). The van der Waals surface area contributed by atoms with E-state index in [9.17, 15) is 13.2 Å². The molecule has 0 saturated heterocycles. The van der Waals surface area contributed by atoms with E-state index in [0.29, 0.717) is 47.4 Å². The second-order valence-corrected chi connectivity index (χ2v) is 9.24. The minimum Gasteiger partial charge on any atom is -0.494 e. The summed E-state index contributed by atoms with van der Waals surface area (Å²) in [5, 5.41) is 6.31. The zero-order chi connectivity index (χ0) is 24.0. The highest BCUT2D eigenvalue weighted by Crippen LogP contribution is 2.34. The third-order valence-corrected chi connectivity index (χ3v) is 5.91. The van der Waals surface area contributed by atoms with Gasteiger partial charge >= 0.3 is 0 Å². The van der Waals surface area contributed by atoms with Gasteiger partial charge in [0.2, 0.25) is 0 Å². The van der Waals surface area contributed by atoms with Gasteiger partial charge in [-0.15, -0.1) is 0 Å². The van der Waals surface area contributed by atoms with Crippen LogP contribution in [0, 0.1) is 0 Å². The lowest BCUT2D eigenvalue weighted by molar-refractivity contribution is 0.0988. The van der Waals surface area contributed by atoms with Crippen molar-refractivity contribution in [3.63, 3.8) is 0 Å². The van der Waals surface area contributed by atoms with E-state index in [1.807, 2.05) is 18.2 Å². The molecule has 0 atom stereocenters. The van der Waals surface area contributed by atoms with Gasteiger partial charge in [0, 0.05) is 43.8 Å². The number of Topliss-reactive ketones (excluding diaryl/α,β-unsaturated/α-hetero) is 1. The normalized spacial score (nSPS) is 11.2. The largest absolute Gasteiger partial charge is 0.494 e. The smallest absolute Gasteiger partial charge is 0.177 e. The Bertz CT molecular complexity index is 1240. The topological polar surface area (TPSA) is 120 Å². The van der Waals surface area contributed by atoms with Gasteiger partial charge in [-0.05, 0) is 18.2 Å². The van der Waals surface area contributed by atoms with Gasteiger partial charge in [-0.2, -0.15) is 0 Å². The van der Waals surface area contributed by atoms with Crippen molar-refractivity contribution in [1.29, 1.82) is 0 Å². The molecule has 0 saturated carbocycles. The van der Waals surface area contributed by atoms with E-state index in [4.69, 9.17) is 9.47 Å². The Hall–Kier alpha value is -3.50. The van der Waals surface area contributed by atoms with E-state index in [1.54, 1.807) is 33.3 Å². The quantitative estimate of drug-likeness (QED) is 0.422. The maximum atomic E-state index is 12.5. The predicted octanol–water partition coefficient (Wildman–Crippen LogP) is 4.12. The van der Waals surface area contributed by atoms with Crippen LogP contribution < -0.4 is 15.4 Å². The first-order chi connectivity index (χ1) is 15.8. The Morgan fingerprint density at radius 3 is 2.36 bits per heavy atom. The van der Waals surface area contributed by atoms with E-state index in [1.165, 1.54) is 18.5 Å². The van der Waals surface area contributed by atoms with E-state index in [0.717, 1.165) is 11.8 Å². The van der Waals surface area contributed by atoms with Crippen LogP contribution in [-0.2, 0) is 21.2 Å². The van der Waals surface area contributed by atoms with Crippen LogP contribution in [-0.4, -0.2) is 44.6 Å². The van der Waals surface area contributed by atoms with Crippen LogP contribution in [0.5, 0.6) is 5.75 Å². The summed E-state index contributed by atoms with van der Waals surface area (Å²) >= 11 is 0. The summed E-state index contributed by atoms with van der Waals surface area (Å²) < 4.78 is 34.1. The van der Waals surface area contributed by atoms with E-state index in [2.05, 4.69) is 20.6 Å². The monoisotopic (exact) mass is 470 g/mol. The van der Waals surface area contributed by atoms with Gasteiger partial charge in [-0.1, -0.05) is 19.1 Å². The highest BCUT2D eigenvalue weighted by molar-refractivity contribution is 7.90. The van der Waals surface area contributed by atoms with Crippen molar-refractivity contribution in [2.24, 2.45) is 0 Å². The molecular formula is C23H26N4O5S. The maximum absolute atomic E-state index is 12.5. The summed E-state index contributed by atoms with van der Waals surface area (Å²) in [6.07, 6.45) is 4.21. The lowest BCUT2D eigenvalue weighted by Gasteiger charge is -2.17. The molecule has 0 aliphatic heterocycles. The number of rotatable bonds is 10. The van der Waals surface area contributed by atoms with Gasteiger partial charge in [-0.25, -0.2) is 18.4 Å². The Morgan fingerprint density at radius 2 is 1.76 bits per heavy atom. The molecule has 2 aromatic heterocycles. The number of methoxy groups -OCH3 is 2. The molecule has 2 heterocycles. The molecule has 0 aliphatic carbocycles. The molecule has 10 heteroatoms. The highest BCUT2D eigenvalue weighted by atomic mass is 32.2. The molecule has 0 radical (unpaired) electrons.